The van der Waals surface area contributed by atoms with E-state index >= 15 is 0 Å². The number of halogens is 1. The molecule has 0 saturated carbocycles. The molecule has 0 unspecified atom stereocenters. The Labute approximate surface area is 155 Å². The van der Waals surface area contributed by atoms with E-state index in [-0.39, 0.29) is 11.5 Å². The van der Waals surface area contributed by atoms with Crippen LogP contribution in [0.4, 0.5) is 5.69 Å². The average Bonchev–Trinajstić information content (AvgIpc) is 2.58. The van der Waals surface area contributed by atoms with Gasteiger partial charge in [0.15, 0.2) is 5.96 Å². The highest BCUT2D eigenvalue weighted by Crippen LogP contribution is 2.13. The lowest BCUT2D eigenvalue weighted by molar-refractivity contribution is -0.116. The molecule has 0 atom stereocenters. The molecule has 1 aromatic carbocycles. The number of hydrogen-bond acceptors (Lipinski definition) is 3. The van der Waals surface area contributed by atoms with Crippen LogP contribution in [0.15, 0.2) is 29.3 Å². The van der Waals surface area contributed by atoms with Crippen molar-refractivity contribution >= 4 is 29.2 Å². The SMILES string of the molecule is CCNC(=NCC(C)(C)OC)NCCCC(=O)Nc1ccc(Cl)cc1. The Morgan fingerprint density at radius 2 is 1.92 bits per heavy atom. The Bertz CT molecular complexity index is 559. The van der Waals surface area contributed by atoms with Crippen LogP contribution in [0, 0.1) is 0 Å². The van der Waals surface area contributed by atoms with E-state index in [1.165, 1.54) is 0 Å². The van der Waals surface area contributed by atoms with Crippen molar-refractivity contribution in [2.24, 2.45) is 4.99 Å². The summed E-state index contributed by atoms with van der Waals surface area (Å²) in [5, 5.41) is 9.91. The molecule has 1 rings (SSSR count). The minimum atomic E-state index is -0.305. The van der Waals surface area contributed by atoms with Crippen LogP contribution in [0.25, 0.3) is 0 Å². The largest absolute Gasteiger partial charge is 0.377 e. The summed E-state index contributed by atoms with van der Waals surface area (Å²) in [6.07, 6.45) is 1.14. The molecule has 0 aromatic heterocycles. The van der Waals surface area contributed by atoms with E-state index in [9.17, 15) is 4.79 Å². The van der Waals surface area contributed by atoms with Gasteiger partial charge in [0.1, 0.15) is 0 Å². The first kappa shape index (κ1) is 21.3. The predicted octanol–water partition coefficient (Wildman–Crippen LogP) is 3.04. The molecule has 140 valence electrons. The number of rotatable bonds is 9. The van der Waals surface area contributed by atoms with E-state index in [1.54, 1.807) is 31.4 Å². The van der Waals surface area contributed by atoms with Crippen molar-refractivity contribution in [2.45, 2.75) is 39.2 Å². The van der Waals surface area contributed by atoms with Crippen molar-refractivity contribution in [2.75, 3.05) is 32.1 Å². The van der Waals surface area contributed by atoms with Crippen LogP contribution in [0.1, 0.15) is 33.6 Å². The predicted molar refractivity (Wildman–Crippen MR) is 104 cm³/mol. The molecular formula is C18H29ClN4O2. The maximum absolute atomic E-state index is 11.9. The van der Waals surface area contributed by atoms with Gasteiger partial charge in [-0.3, -0.25) is 9.79 Å². The summed E-state index contributed by atoms with van der Waals surface area (Å²) in [5.41, 5.74) is 0.444. The van der Waals surface area contributed by atoms with E-state index < -0.39 is 0 Å². The molecule has 1 aromatic rings. The zero-order valence-corrected chi connectivity index (χ0v) is 16.2. The fourth-order valence-corrected chi connectivity index (χ4v) is 2.01. The number of anilines is 1. The van der Waals surface area contributed by atoms with Crippen molar-refractivity contribution in [3.8, 4) is 0 Å². The first-order valence-corrected chi connectivity index (χ1v) is 8.87. The molecule has 0 bridgehead atoms. The standard InChI is InChI=1S/C18H29ClN4O2/c1-5-20-17(22-13-18(2,3)25-4)21-12-6-7-16(24)23-15-10-8-14(19)9-11-15/h8-11H,5-7,12-13H2,1-4H3,(H,23,24)(H2,20,21,22). The van der Waals surface area contributed by atoms with Crippen molar-refractivity contribution in [1.29, 1.82) is 0 Å². The topological polar surface area (TPSA) is 74.8 Å². The van der Waals surface area contributed by atoms with E-state index in [0.717, 1.165) is 18.2 Å². The number of benzene rings is 1. The number of nitrogens with zero attached hydrogens (tertiary/aromatic N) is 1. The summed E-state index contributed by atoms with van der Waals surface area (Å²) >= 11 is 5.82. The number of guanidine groups is 1. The Balaban J connectivity index is 2.34. The van der Waals surface area contributed by atoms with Gasteiger partial charge in [-0.25, -0.2) is 0 Å². The number of methoxy groups -OCH3 is 1. The van der Waals surface area contributed by atoms with Crippen molar-refractivity contribution in [1.82, 2.24) is 10.6 Å². The molecule has 25 heavy (non-hydrogen) atoms. The van der Waals surface area contributed by atoms with Crippen molar-refractivity contribution in [3.63, 3.8) is 0 Å². The number of aliphatic imine (C=N–C) groups is 1. The second-order valence-corrected chi connectivity index (χ2v) is 6.68. The zero-order chi connectivity index (χ0) is 18.7. The Morgan fingerprint density at radius 3 is 2.52 bits per heavy atom. The molecule has 0 aliphatic heterocycles. The number of ether oxygens (including phenoxy) is 1. The molecule has 0 radical (unpaired) electrons. The molecule has 3 N–H and O–H groups in total. The highest BCUT2D eigenvalue weighted by Gasteiger charge is 2.15. The second-order valence-electron chi connectivity index (χ2n) is 6.24. The zero-order valence-electron chi connectivity index (χ0n) is 15.5. The van der Waals surface area contributed by atoms with Gasteiger partial charge in [-0.05, 0) is 51.5 Å². The monoisotopic (exact) mass is 368 g/mol. The summed E-state index contributed by atoms with van der Waals surface area (Å²) in [4.78, 5) is 16.4. The molecule has 0 heterocycles. The van der Waals surface area contributed by atoms with Crippen LogP contribution in [0.3, 0.4) is 0 Å². The fourth-order valence-electron chi connectivity index (χ4n) is 1.89. The third-order valence-electron chi connectivity index (χ3n) is 3.52. The van der Waals surface area contributed by atoms with Crippen molar-refractivity contribution in [3.05, 3.63) is 29.3 Å². The number of hydrogen-bond donors (Lipinski definition) is 3. The van der Waals surface area contributed by atoms with E-state index in [1.807, 2.05) is 20.8 Å². The number of amides is 1. The minimum absolute atomic E-state index is 0.0217. The molecule has 0 fully saturated rings. The van der Waals surface area contributed by atoms with Crippen LogP contribution < -0.4 is 16.0 Å². The van der Waals surface area contributed by atoms with Gasteiger partial charge in [-0.1, -0.05) is 11.6 Å². The smallest absolute Gasteiger partial charge is 0.224 e. The first-order chi connectivity index (χ1) is 11.9. The van der Waals surface area contributed by atoms with E-state index in [4.69, 9.17) is 16.3 Å². The summed E-state index contributed by atoms with van der Waals surface area (Å²) in [6.45, 7) is 7.97. The molecule has 0 aliphatic carbocycles. The third kappa shape index (κ3) is 9.31. The van der Waals surface area contributed by atoms with Gasteiger partial charge in [0.2, 0.25) is 5.91 Å². The highest BCUT2D eigenvalue weighted by molar-refractivity contribution is 6.30. The maximum Gasteiger partial charge on any atom is 0.224 e. The summed E-state index contributed by atoms with van der Waals surface area (Å²) in [6, 6.07) is 7.07. The lowest BCUT2D eigenvalue weighted by atomic mass is 10.1. The first-order valence-electron chi connectivity index (χ1n) is 8.49. The normalized spacial score (nSPS) is 12.0. The van der Waals surface area contributed by atoms with Crippen LogP contribution >= 0.6 is 11.6 Å². The highest BCUT2D eigenvalue weighted by atomic mass is 35.5. The van der Waals surface area contributed by atoms with E-state index in [0.29, 0.717) is 31.0 Å². The summed E-state index contributed by atoms with van der Waals surface area (Å²) in [5.74, 6) is 0.706. The van der Waals surface area contributed by atoms with Gasteiger partial charge >= 0.3 is 0 Å². The molecular weight excluding hydrogens is 340 g/mol. The summed E-state index contributed by atoms with van der Waals surface area (Å²) < 4.78 is 5.36. The van der Waals surface area contributed by atoms with Gasteiger partial charge < -0.3 is 20.7 Å². The average molecular weight is 369 g/mol. The van der Waals surface area contributed by atoms with Gasteiger partial charge in [0.05, 0.1) is 12.1 Å². The molecule has 1 amide bonds. The Morgan fingerprint density at radius 1 is 1.24 bits per heavy atom. The molecule has 6 nitrogen and oxygen atoms in total. The number of carbonyl (C=O) groups is 1. The van der Waals surface area contributed by atoms with Gasteiger partial charge in [0, 0.05) is 37.3 Å². The number of carbonyl (C=O) groups excluding carboxylic acids is 1. The minimum Gasteiger partial charge on any atom is -0.377 e. The maximum atomic E-state index is 11.9. The molecule has 7 heteroatoms. The van der Waals surface area contributed by atoms with Gasteiger partial charge in [0.25, 0.3) is 0 Å². The molecule has 0 spiro atoms. The third-order valence-corrected chi connectivity index (χ3v) is 3.77. The van der Waals surface area contributed by atoms with Crippen LogP contribution in [-0.2, 0) is 9.53 Å². The van der Waals surface area contributed by atoms with Gasteiger partial charge in [-0.2, -0.15) is 0 Å². The van der Waals surface area contributed by atoms with Gasteiger partial charge in [-0.15, -0.1) is 0 Å². The molecule has 0 saturated heterocycles. The van der Waals surface area contributed by atoms with Crippen LogP contribution in [0.5, 0.6) is 0 Å². The fraction of sp³-hybridized carbons (Fsp3) is 0.556. The number of nitrogens with one attached hydrogen (secondary N) is 3. The Hall–Kier alpha value is -1.79. The quantitative estimate of drug-likeness (QED) is 0.356. The Kier molecular flexibility index (Phi) is 9.31. The van der Waals surface area contributed by atoms with Crippen LogP contribution in [-0.4, -0.2) is 44.2 Å². The second kappa shape index (κ2) is 10.9. The summed E-state index contributed by atoms with van der Waals surface area (Å²) in [7, 11) is 1.68. The lowest BCUT2D eigenvalue weighted by Gasteiger charge is -2.21. The van der Waals surface area contributed by atoms with E-state index in [2.05, 4.69) is 20.9 Å². The lowest BCUT2D eigenvalue weighted by Crippen LogP contribution is -2.39. The molecule has 0 aliphatic rings. The van der Waals surface area contributed by atoms with Crippen molar-refractivity contribution < 1.29 is 9.53 Å². The van der Waals surface area contributed by atoms with Crippen LogP contribution in [0.2, 0.25) is 5.02 Å².